The number of carbonyl (C=O) groups excluding carboxylic acids is 1. The van der Waals surface area contributed by atoms with E-state index in [0.717, 1.165) is 19.4 Å². The Morgan fingerprint density at radius 3 is 2.86 bits per heavy atom. The van der Waals surface area contributed by atoms with Crippen LogP contribution in [0.4, 0.5) is 0 Å². The maximum Gasteiger partial charge on any atom is 0.253 e. The Kier molecular flexibility index (Phi) is 5.37. The lowest BCUT2D eigenvalue weighted by atomic mass is 9.98. The summed E-state index contributed by atoms with van der Waals surface area (Å²) in [7, 11) is 0. The molecule has 4 nitrogen and oxygen atoms in total. The first-order valence-electron chi connectivity index (χ1n) is 7.05. The molecule has 1 unspecified atom stereocenters. The van der Waals surface area contributed by atoms with E-state index in [9.17, 15) is 4.79 Å². The van der Waals surface area contributed by atoms with Crippen molar-refractivity contribution in [1.82, 2.24) is 4.90 Å². The number of ether oxygens (including phenoxy) is 1. The molecule has 1 aromatic carbocycles. The summed E-state index contributed by atoms with van der Waals surface area (Å²) in [5.74, 6) is 2.81. The van der Waals surface area contributed by atoms with Gasteiger partial charge in [0.25, 0.3) is 5.91 Å². The van der Waals surface area contributed by atoms with Gasteiger partial charge in [-0.25, -0.2) is 0 Å². The lowest BCUT2D eigenvalue weighted by Gasteiger charge is -2.32. The minimum absolute atomic E-state index is 0.0149. The molecule has 0 saturated carbocycles. The highest BCUT2D eigenvalue weighted by molar-refractivity contribution is 5.94. The Morgan fingerprint density at radius 1 is 1.43 bits per heavy atom. The summed E-state index contributed by atoms with van der Waals surface area (Å²) >= 11 is 0. The minimum Gasteiger partial charge on any atom is -0.368 e. The van der Waals surface area contributed by atoms with Crippen LogP contribution in [0.3, 0.4) is 0 Å². The molecule has 1 saturated heterocycles. The molecule has 1 heterocycles. The van der Waals surface area contributed by atoms with E-state index < -0.39 is 0 Å². The van der Waals surface area contributed by atoms with E-state index >= 15 is 0 Å². The van der Waals surface area contributed by atoms with Crippen LogP contribution in [0.5, 0.6) is 0 Å². The monoisotopic (exact) mass is 282 g/mol. The molecule has 1 aliphatic heterocycles. The molecule has 4 heteroatoms. The topological polar surface area (TPSA) is 53.3 Å². The van der Waals surface area contributed by atoms with Gasteiger partial charge in [0.2, 0.25) is 0 Å². The van der Waals surface area contributed by atoms with Crippen molar-refractivity contribution < 1.29 is 9.53 Å². The zero-order valence-electron chi connectivity index (χ0n) is 11.9. The molecule has 0 radical (unpaired) electrons. The second kappa shape index (κ2) is 7.47. The van der Waals surface area contributed by atoms with Crippen molar-refractivity contribution in [2.24, 2.45) is 5.92 Å². The number of nitrogens with zero attached hydrogens (tertiary/aromatic N) is 2. The number of nitriles is 1. The summed E-state index contributed by atoms with van der Waals surface area (Å²) in [5, 5.41) is 8.78. The molecule has 0 aliphatic carbocycles. The van der Waals surface area contributed by atoms with Gasteiger partial charge in [0, 0.05) is 24.6 Å². The normalized spacial score (nSPS) is 17.8. The van der Waals surface area contributed by atoms with Crippen LogP contribution in [0.1, 0.15) is 28.8 Å². The zero-order valence-corrected chi connectivity index (χ0v) is 11.9. The Bertz CT molecular complexity index is 566. The molecular weight excluding hydrogens is 264 g/mol. The smallest absolute Gasteiger partial charge is 0.253 e. The summed E-state index contributed by atoms with van der Waals surface area (Å²) in [6, 6.07) is 8.81. The second-order valence-electron chi connectivity index (χ2n) is 5.17. The minimum atomic E-state index is 0.0149. The van der Waals surface area contributed by atoms with Crippen molar-refractivity contribution in [1.29, 1.82) is 5.26 Å². The summed E-state index contributed by atoms with van der Waals surface area (Å²) < 4.78 is 5.38. The fourth-order valence-corrected chi connectivity index (χ4v) is 2.54. The van der Waals surface area contributed by atoms with Crippen LogP contribution in [-0.4, -0.2) is 37.1 Å². The fraction of sp³-hybridized carbons (Fsp3) is 0.412. The first-order chi connectivity index (χ1) is 10.2. The highest BCUT2D eigenvalue weighted by Crippen LogP contribution is 2.19. The van der Waals surface area contributed by atoms with E-state index in [1.165, 1.54) is 0 Å². The third kappa shape index (κ3) is 4.08. The third-order valence-corrected chi connectivity index (χ3v) is 3.61. The highest BCUT2D eigenvalue weighted by atomic mass is 16.5. The van der Waals surface area contributed by atoms with E-state index in [2.05, 4.69) is 12.0 Å². The molecule has 1 aromatic rings. The van der Waals surface area contributed by atoms with E-state index in [-0.39, 0.29) is 5.91 Å². The van der Waals surface area contributed by atoms with Crippen LogP contribution in [0.2, 0.25) is 0 Å². The van der Waals surface area contributed by atoms with Gasteiger partial charge >= 0.3 is 0 Å². The molecular formula is C17H18N2O2. The molecule has 108 valence electrons. The van der Waals surface area contributed by atoms with Crippen molar-refractivity contribution >= 4 is 5.91 Å². The molecule has 1 fully saturated rings. The molecule has 0 bridgehead atoms. The summed E-state index contributed by atoms with van der Waals surface area (Å²) in [5.41, 5.74) is 1.19. The number of hydrogen-bond donors (Lipinski definition) is 0. The lowest BCUT2D eigenvalue weighted by Crippen LogP contribution is -2.41. The van der Waals surface area contributed by atoms with Crippen molar-refractivity contribution in [2.45, 2.75) is 12.8 Å². The van der Waals surface area contributed by atoms with Crippen LogP contribution < -0.4 is 0 Å². The number of rotatable bonds is 4. The molecule has 21 heavy (non-hydrogen) atoms. The first-order valence-corrected chi connectivity index (χ1v) is 7.05. The molecule has 0 N–H and O–H groups in total. The number of piperidine rings is 1. The van der Waals surface area contributed by atoms with Gasteiger partial charge in [0.1, 0.15) is 6.61 Å². The van der Waals surface area contributed by atoms with Crippen LogP contribution in [0.25, 0.3) is 0 Å². The maximum absolute atomic E-state index is 12.4. The molecule has 0 spiro atoms. The third-order valence-electron chi connectivity index (χ3n) is 3.61. The van der Waals surface area contributed by atoms with Gasteiger partial charge in [-0.05, 0) is 37.1 Å². The summed E-state index contributed by atoms with van der Waals surface area (Å²) in [6.07, 6.45) is 7.19. The zero-order chi connectivity index (χ0) is 15.1. The number of likely N-dealkylation sites (tertiary alicyclic amines) is 1. The van der Waals surface area contributed by atoms with Crippen LogP contribution in [-0.2, 0) is 4.74 Å². The molecule has 1 atom stereocenters. The Morgan fingerprint density at radius 2 is 2.19 bits per heavy atom. The average Bonchev–Trinajstić information content (AvgIpc) is 2.55. The van der Waals surface area contributed by atoms with Crippen molar-refractivity contribution in [3.8, 4) is 18.4 Å². The van der Waals surface area contributed by atoms with Crippen LogP contribution in [0, 0.1) is 29.6 Å². The Balaban J connectivity index is 1.95. The largest absolute Gasteiger partial charge is 0.368 e. The Labute approximate surface area is 125 Å². The van der Waals surface area contributed by atoms with Gasteiger partial charge < -0.3 is 9.64 Å². The summed E-state index contributed by atoms with van der Waals surface area (Å²) in [6.45, 7) is 2.38. The standard InChI is InChI=1S/C17H18N2O2/c1-2-10-21-13-15-4-3-9-19(12-15)17(20)16-7-5-14(11-18)6-8-16/h1,5-8,15H,3-4,9-10,12-13H2. The van der Waals surface area contributed by atoms with Crippen molar-refractivity contribution in [3.05, 3.63) is 35.4 Å². The molecule has 0 aromatic heterocycles. The molecule has 1 aliphatic rings. The van der Waals surface area contributed by atoms with Gasteiger partial charge in [-0.2, -0.15) is 5.26 Å². The predicted octanol–water partition coefficient (Wildman–Crippen LogP) is 2.06. The van der Waals surface area contributed by atoms with E-state index in [4.69, 9.17) is 16.4 Å². The van der Waals surface area contributed by atoms with Gasteiger partial charge in [0.15, 0.2) is 0 Å². The summed E-state index contributed by atoms with van der Waals surface area (Å²) in [4.78, 5) is 14.3. The number of amides is 1. The van der Waals surface area contributed by atoms with Crippen LogP contribution in [0.15, 0.2) is 24.3 Å². The van der Waals surface area contributed by atoms with E-state index in [1.807, 2.05) is 4.90 Å². The number of terminal acetylenes is 1. The molecule has 1 amide bonds. The second-order valence-corrected chi connectivity index (χ2v) is 5.17. The lowest BCUT2D eigenvalue weighted by molar-refractivity contribution is 0.0534. The predicted molar refractivity (Wildman–Crippen MR) is 79.4 cm³/mol. The van der Waals surface area contributed by atoms with Crippen LogP contribution >= 0.6 is 0 Å². The van der Waals surface area contributed by atoms with Crippen molar-refractivity contribution in [3.63, 3.8) is 0 Å². The SMILES string of the molecule is C#CCOCC1CCCN(C(=O)c2ccc(C#N)cc2)C1. The van der Waals surface area contributed by atoms with Gasteiger partial charge in [-0.1, -0.05) is 5.92 Å². The van der Waals surface area contributed by atoms with Gasteiger partial charge in [-0.15, -0.1) is 6.42 Å². The Hall–Kier alpha value is -2.30. The van der Waals surface area contributed by atoms with E-state index in [1.54, 1.807) is 24.3 Å². The highest BCUT2D eigenvalue weighted by Gasteiger charge is 2.24. The first kappa shape index (κ1) is 15.1. The van der Waals surface area contributed by atoms with Crippen molar-refractivity contribution in [2.75, 3.05) is 26.3 Å². The number of hydrogen-bond acceptors (Lipinski definition) is 3. The maximum atomic E-state index is 12.4. The number of benzene rings is 1. The average molecular weight is 282 g/mol. The van der Waals surface area contributed by atoms with Gasteiger partial charge in [0.05, 0.1) is 18.2 Å². The fourth-order valence-electron chi connectivity index (χ4n) is 2.54. The van der Waals surface area contributed by atoms with Gasteiger partial charge in [-0.3, -0.25) is 4.79 Å². The quantitative estimate of drug-likeness (QED) is 0.627. The van der Waals surface area contributed by atoms with E-state index in [0.29, 0.717) is 36.8 Å². The number of carbonyl (C=O) groups is 1. The molecule has 2 rings (SSSR count).